The van der Waals surface area contributed by atoms with E-state index in [1.165, 1.54) is 48.7 Å². The third-order valence-corrected chi connectivity index (χ3v) is 14.1. The summed E-state index contributed by atoms with van der Waals surface area (Å²) in [6.07, 6.45) is 11.1. The highest BCUT2D eigenvalue weighted by molar-refractivity contribution is 6.76. The Morgan fingerprint density at radius 3 is 1.69 bits per heavy atom. The van der Waals surface area contributed by atoms with E-state index in [1.54, 1.807) is 6.92 Å². The molecule has 3 unspecified atom stereocenters. The van der Waals surface area contributed by atoms with Crippen LogP contribution < -0.4 is 5.32 Å². The first kappa shape index (κ1) is 53.9. The molecular formula is C54H84N4O6Si. The zero-order valence-electron chi connectivity index (χ0n) is 40.9. The molecule has 0 amide bonds. The van der Waals surface area contributed by atoms with Crippen LogP contribution in [0.2, 0.25) is 19.6 Å². The molecule has 3 N–H and O–H groups in total. The van der Waals surface area contributed by atoms with Gasteiger partial charge in [0, 0.05) is 57.2 Å². The summed E-state index contributed by atoms with van der Waals surface area (Å²) in [5, 5.41) is 22.9. The van der Waals surface area contributed by atoms with Gasteiger partial charge >= 0.3 is 11.9 Å². The Balaban J connectivity index is 0.000000184. The van der Waals surface area contributed by atoms with Gasteiger partial charge in [0.25, 0.3) is 0 Å². The smallest absolute Gasteiger partial charge is 0.330 e. The molecule has 3 aliphatic heterocycles. The van der Waals surface area contributed by atoms with E-state index in [4.69, 9.17) is 4.74 Å². The fourth-order valence-corrected chi connectivity index (χ4v) is 10.6. The fourth-order valence-electron chi connectivity index (χ4n) is 8.96. The van der Waals surface area contributed by atoms with Gasteiger partial charge in [0.05, 0.1) is 38.4 Å². The highest BCUT2D eigenvalue weighted by atomic mass is 28.3. The lowest BCUT2D eigenvalue weighted by molar-refractivity contribution is -0.147. The summed E-state index contributed by atoms with van der Waals surface area (Å²) in [6, 6.07) is 31.8. The Morgan fingerprint density at radius 2 is 1.25 bits per heavy atom. The minimum atomic E-state index is -0.985. The molecule has 0 spiro atoms. The van der Waals surface area contributed by atoms with Crippen LogP contribution in [-0.2, 0) is 38.7 Å². The maximum absolute atomic E-state index is 11.6. The van der Waals surface area contributed by atoms with Gasteiger partial charge in [-0.3, -0.25) is 14.6 Å². The first-order chi connectivity index (χ1) is 31.2. The molecule has 11 heteroatoms. The first-order valence-corrected chi connectivity index (χ1v) is 28.3. The number of aliphatic hydroxyl groups is 2. The first-order valence-electron chi connectivity index (χ1n) is 24.6. The molecule has 0 radical (unpaired) electrons. The van der Waals surface area contributed by atoms with Gasteiger partial charge in [0.1, 0.15) is 0 Å². The van der Waals surface area contributed by atoms with Crippen LogP contribution in [-0.4, -0.2) is 121 Å². The van der Waals surface area contributed by atoms with E-state index in [0.717, 1.165) is 97.1 Å². The van der Waals surface area contributed by atoms with E-state index >= 15 is 0 Å². The summed E-state index contributed by atoms with van der Waals surface area (Å²) in [6.45, 7) is 27.8. The number of carbonyl (C=O) groups is 2. The maximum atomic E-state index is 11.6. The number of nitrogens with one attached hydrogen (secondary N) is 1. The summed E-state index contributed by atoms with van der Waals surface area (Å²) >= 11 is 0. The molecule has 8 rings (SSSR count). The lowest BCUT2D eigenvalue weighted by atomic mass is 10.00. The van der Waals surface area contributed by atoms with Crippen LogP contribution in [0.5, 0.6) is 0 Å². The molecule has 3 atom stereocenters. The quantitative estimate of drug-likeness (QED) is 0.0733. The van der Waals surface area contributed by atoms with Crippen molar-refractivity contribution in [3.05, 3.63) is 120 Å². The highest BCUT2D eigenvalue weighted by Gasteiger charge is 2.50. The Morgan fingerprint density at radius 1 is 0.738 bits per heavy atom. The van der Waals surface area contributed by atoms with Crippen molar-refractivity contribution in [1.82, 2.24) is 20.0 Å². The van der Waals surface area contributed by atoms with Gasteiger partial charge in [-0.15, -0.1) is 0 Å². The van der Waals surface area contributed by atoms with E-state index in [0.29, 0.717) is 25.0 Å². The number of rotatable bonds is 16. The van der Waals surface area contributed by atoms with Gasteiger partial charge in [0.15, 0.2) is 0 Å². The van der Waals surface area contributed by atoms with E-state index < -0.39 is 8.07 Å². The maximum Gasteiger partial charge on any atom is 0.330 e. The summed E-state index contributed by atoms with van der Waals surface area (Å²) < 4.78 is 9.49. The van der Waals surface area contributed by atoms with Crippen LogP contribution in [0.25, 0.3) is 0 Å². The third-order valence-electron chi connectivity index (χ3n) is 12.7. The van der Waals surface area contributed by atoms with E-state index in [-0.39, 0.29) is 29.1 Å². The number of benzene rings is 3. The minimum absolute atomic E-state index is 0.0388. The predicted octanol–water partition coefficient (Wildman–Crippen LogP) is 8.74. The minimum Gasteiger partial charge on any atom is -0.466 e. The van der Waals surface area contributed by atoms with E-state index in [2.05, 4.69) is 131 Å². The molecule has 3 saturated heterocycles. The molecule has 360 valence electrons. The van der Waals surface area contributed by atoms with Crippen molar-refractivity contribution in [3.8, 4) is 0 Å². The Bertz CT molecular complexity index is 1780. The second-order valence-corrected chi connectivity index (χ2v) is 25.2. The number of hydrogen-bond acceptors (Lipinski definition) is 10. The second kappa shape index (κ2) is 27.8. The van der Waals surface area contributed by atoms with E-state index in [1.807, 2.05) is 25.1 Å². The van der Waals surface area contributed by atoms with Gasteiger partial charge < -0.3 is 29.9 Å². The topological polar surface area (TPSA) is 115 Å². The van der Waals surface area contributed by atoms with Crippen LogP contribution in [0.4, 0.5) is 0 Å². The zero-order chi connectivity index (χ0) is 47.1. The van der Waals surface area contributed by atoms with Crippen LogP contribution in [0.1, 0.15) is 88.8 Å². The molecule has 5 fully saturated rings. The number of likely N-dealkylation sites (tertiary alicyclic amines) is 2. The molecule has 3 aromatic carbocycles. The second-order valence-electron chi connectivity index (χ2n) is 19.8. The van der Waals surface area contributed by atoms with Gasteiger partial charge in [-0.1, -0.05) is 124 Å². The summed E-state index contributed by atoms with van der Waals surface area (Å²) in [7, 11) is -0.985. The molecule has 3 heterocycles. The van der Waals surface area contributed by atoms with Crippen molar-refractivity contribution in [2.45, 2.75) is 123 Å². The number of hydrogen-bond donors (Lipinski definition) is 3. The Hall–Kier alpha value is -3.68. The average molecular weight is 913 g/mol. The van der Waals surface area contributed by atoms with Crippen LogP contribution in [0, 0.1) is 17.8 Å². The summed E-state index contributed by atoms with van der Waals surface area (Å²) in [4.78, 5) is 29.1. The molecule has 2 saturated carbocycles. The van der Waals surface area contributed by atoms with Crippen LogP contribution >= 0.6 is 0 Å². The molecular weight excluding hydrogens is 829 g/mol. The average Bonchev–Trinajstić information content (AvgIpc) is 3.88. The number of nitrogens with zero attached hydrogens (tertiary/aromatic N) is 3. The Kier molecular flexibility index (Phi) is 23.1. The number of carbonyl (C=O) groups excluding carboxylic acids is 2. The fraction of sp³-hybridized carbons (Fsp3) is 0.593. The molecule has 5 aliphatic rings. The molecule has 10 nitrogen and oxygen atoms in total. The zero-order valence-corrected chi connectivity index (χ0v) is 41.9. The van der Waals surface area contributed by atoms with Crippen LogP contribution in [0.3, 0.4) is 0 Å². The predicted molar refractivity (Wildman–Crippen MR) is 268 cm³/mol. The third kappa shape index (κ3) is 20.8. The van der Waals surface area contributed by atoms with Crippen LogP contribution in [0.15, 0.2) is 104 Å². The monoisotopic (exact) mass is 913 g/mol. The van der Waals surface area contributed by atoms with Gasteiger partial charge in [-0.2, -0.15) is 0 Å². The highest BCUT2D eigenvalue weighted by Crippen LogP contribution is 2.46. The van der Waals surface area contributed by atoms with Crippen molar-refractivity contribution in [2.75, 3.05) is 65.2 Å². The number of ether oxygens (including phenoxy) is 2. The lowest BCUT2D eigenvalue weighted by Crippen LogP contribution is -2.40. The van der Waals surface area contributed by atoms with Crippen molar-refractivity contribution in [1.29, 1.82) is 0 Å². The Labute approximate surface area is 393 Å². The summed E-state index contributed by atoms with van der Waals surface area (Å²) in [5.41, 5.74) is 3.60. The largest absolute Gasteiger partial charge is 0.466 e. The molecule has 3 aromatic rings. The SMILES string of the molecule is C=CC(=O)OCC.CCCN(Cc1ccccc1)C[Si](C)(C)C.CCOC(=O)C1CCN(Cc2ccccc2)C1.OC1(C2CCN(Cc3ccccc3)C2)CC1.OC1(C2CCNC2)CC1. The normalized spacial score (nSPS) is 21.5. The van der Waals surface area contributed by atoms with E-state index in [9.17, 15) is 19.8 Å². The molecule has 2 aliphatic carbocycles. The van der Waals surface area contributed by atoms with Crippen molar-refractivity contribution in [3.63, 3.8) is 0 Å². The van der Waals surface area contributed by atoms with Gasteiger partial charge in [0.2, 0.25) is 0 Å². The van der Waals surface area contributed by atoms with Gasteiger partial charge in [-0.25, -0.2) is 4.79 Å². The van der Waals surface area contributed by atoms with Crippen molar-refractivity contribution >= 4 is 20.0 Å². The van der Waals surface area contributed by atoms with Crippen molar-refractivity contribution in [2.24, 2.45) is 17.8 Å². The molecule has 65 heavy (non-hydrogen) atoms. The van der Waals surface area contributed by atoms with Crippen molar-refractivity contribution < 1.29 is 29.3 Å². The molecule has 0 bridgehead atoms. The summed E-state index contributed by atoms with van der Waals surface area (Å²) in [5.74, 6) is 0.762. The lowest BCUT2D eigenvalue weighted by Gasteiger charge is -2.28. The number of esters is 2. The standard InChI is InChI=1S/C14H19NO2.C14H19NO.C14H25NSi.C7H13NO.C5H8O2/c1-2-17-14(16)13-8-9-15(11-13)10-12-6-4-3-5-7-12;16-14(7-8-14)13-6-9-15(11-13)10-12-4-2-1-3-5-12;1-5-11-15(13-16(2,3)4)12-14-9-7-6-8-10-14;9-7(2-3-7)6-1-4-8-5-6;1-3-5(6)7-4-2/h3-7,13H,2,8-11H2,1H3;1-5,13,16H,6-11H2;6-10H,5,11-13H2,1-4H3;6,8-9H,1-5H2;3H,1,4H2,2H3. The molecule has 0 aromatic heterocycles. The van der Waals surface area contributed by atoms with Gasteiger partial charge in [-0.05, 0) is 114 Å².